The van der Waals surface area contributed by atoms with E-state index in [1.165, 1.54) is 12.7 Å². The highest BCUT2D eigenvalue weighted by Gasteiger charge is 2.25. The summed E-state index contributed by atoms with van der Waals surface area (Å²) in [6.07, 6.45) is 5.60. The summed E-state index contributed by atoms with van der Waals surface area (Å²) in [7, 11) is 0. The first-order valence-corrected chi connectivity index (χ1v) is 6.09. The second-order valence-electron chi connectivity index (χ2n) is 4.83. The van der Waals surface area contributed by atoms with Crippen LogP contribution >= 0.6 is 0 Å². The Bertz CT molecular complexity index is 451. The standard InChI is InChI=1S/C11H17N5O2/c1-7-3-2-4-8(5-7)15-11-9(16(17)18)10(12)13-6-14-11/h6-8H,2-5H2,1H3,(H3,12,13,14,15). The van der Waals surface area contributed by atoms with Gasteiger partial charge in [-0.25, -0.2) is 9.97 Å². The van der Waals surface area contributed by atoms with Gasteiger partial charge in [-0.05, 0) is 18.8 Å². The van der Waals surface area contributed by atoms with Crippen LogP contribution in [0.2, 0.25) is 0 Å². The molecule has 0 radical (unpaired) electrons. The van der Waals surface area contributed by atoms with Gasteiger partial charge in [0.25, 0.3) is 0 Å². The van der Waals surface area contributed by atoms with Crippen molar-refractivity contribution >= 4 is 17.3 Å². The number of anilines is 2. The molecule has 3 N–H and O–H groups in total. The van der Waals surface area contributed by atoms with Crippen LogP contribution in [0.25, 0.3) is 0 Å². The molecule has 1 aromatic heterocycles. The molecule has 0 spiro atoms. The average Bonchev–Trinajstić information content (AvgIpc) is 2.28. The third-order valence-corrected chi connectivity index (χ3v) is 3.31. The molecule has 0 aliphatic heterocycles. The van der Waals surface area contributed by atoms with Gasteiger partial charge in [0.1, 0.15) is 6.33 Å². The number of nitrogens with one attached hydrogen (secondary N) is 1. The van der Waals surface area contributed by atoms with Gasteiger partial charge in [0.2, 0.25) is 11.6 Å². The molecule has 7 heteroatoms. The zero-order valence-corrected chi connectivity index (χ0v) is 10.3. The highest BCUT2D eigenvalue weighted by atomic mass is 16.6. The molecule has 18 heavy (non-hydrogen) atoms. The van der Waals surface area contributed by atoms with E-state index in [4.69, 9.17) is 5.73 Å². The van der Waals surface area contributed by atoms with E-state index in [-0.39, 0.29) is 23.4 Å². The van der Waals surface area contributed by atoms with Crippen molar-refractivity contribution in [1.29, 1.82) is 0 Å². The second-order valence-corrected chi connectivity index (χ2v) is 4.83. The lowest BCUT2D eigenvalue weighted by molar-refractivity contribution is -0.383. The fourth-order valence-electron chi connectivity index (χ4n) is 2.44. The van der Waals surface area contributed by atoms with E-state index in [0.717, 1.165) is 19.3 Å². The molecule has 1 saturated carbocycles. The number of rotatable bonds is 3. The molecule has 1 aromatic rings. The number of nitrogens with zero attached hydrogens (tertiary/aromatic N) is 3. The van der Waals surface area contributed by atoms with Crippen molar-refractivity contribution in [1.82, 2.24) is 9.97 Å². The first-order chi connectivity index (χ1) is 8.58. The van der Waals surface area contributed by atoms with E-state index in [1.807, 2.05) is 0 Å². The lowest BCUT2D eigenvalue weighted by Gasteiger charge is -2.27. The molecule has 0 aromatic carbocycles. The largest absolute Gasteiger partial charge is 0.378 e. The SMILES string of the molecule is CC1CCCC(Nc2ncnc(N)c2[N+](=O)[O-])C1. The average molecular weight is 251 g/mol. The summed E-state index contributed by atoms with van der Waals surface area (Å²) < 4.78 is 0. The molecule has 0 amide bonds. The van der Waals surface area contributed by atoms with Crippen molar-refractivity contribution in [3.8, 4) is 0 Å². The van der Waals surface area contributed by atoms with Gasteiger partial charge in [0.15, 0.2) is 0 Å². The van der Waals surface area contributed by atoms with Gasteiger partial charge in [-0.2, -0.15) is 0 Å². The predicted octanol–water partition coefficient (Wildman–Crippen LogP) is 1.96. The minimum Gasteiger partial charge on any atom is -0.378 e. The Labute approximate surface area is 105 Å². The fraction of sp³-hybridized carbons (Fsp3) is 0.636. The first kappa shape index (κ1) is 12.5. The zero-order valence-electron chi connectivity index (χ0n) is 10.3. The maximum absolute atomic E-state index is 11.0. The highest BCUT2D eigenvalue weighted by Crippen LogP contribution is 2.30. The molecule has 7 nitrogen and oxygen atoms in total. The summed E-state index contributed by atoms with van der Waals surface area (Å²) in [4.78, 5) is 18.0. The number of nitro groups is 1. The van der Waals surface area contributed by atoms with Gasteiger partial charge in [-0.1, -0.05) is 19.8 Å². The van der Waals surface area contributed by atoms with Crippen molar-refractivity contribution in [3.05, 3.63) is 16.4 Å². The summed E-state index contributed by atoms with van der Waals surface area (Å²) >= 11 is 0. The first-order valence-electron chi connectivity index (χ1n) is 6.09. The number of aromatic nitrogens is 2. The molecule has 1 heterocycles. The minimum absolute atomic E-state index is 0.0960. The number of nitrogen functional groups attached to an aromatic ring is 1. The molecule has 1 aliphatic rings. The van der Waals surface area contributed by atoms with Gasteiger partial charge in [-0.15, -0.1) is 0 Å². The predicted molar refractivity (Wildman–Crippen MR) is 68.1 cm³/mol. The van der Waals surface area contributed by atoms with Crippen LogP contribution in [-0.2, 0) is 0 Å². The van der Waals surface area contributed by atoms with E-state index in [9.17, 15) is 10.1 Å². The van der Waals surface area contributed by atoms with Crippen LogP contribution in [0.5, 0.6) is 0 Å². The Morgan fingerprint density at radius 3 is 2.94 bits per heavy atom. The number of hydrogen-bond donors (Lipinski definition) is 2. The summed E-state index contributed by atoms with van der Waals surface area (Å²) in [6, 6.07) is 0.224. The lowest BCUT2D eigenvalue weighted by Crippen LogP contribution is -2.27. The van der Waals surface area contributed by atoms with Gasteiger partial charge in [0.05, 0.1) is 4.92 Å². The molecule has 0 saturated heterocycles. The zero-order chi connectivity index (χ0) is 13.1. The van der Waals surface area contributed by atoms with Gasteiger partial charge < -0.3 is 11.1 Å². The van der Waals surface area contributed by atoms with E-state index in [2.05, 4.69) is 22.2 Å². The molecule has 2 atom stereocenters. The molecule has 1 aliphatic carbocycles. The Hall–Kier alpha value is -1.92. The van der Waals surface area contributed by atoms with E-state index < -0.39 is 4.92 Å². The Morgan fingerprint density at radius 2 is 2.28 bits per heavy atom. The molecule has 2 unspecified atom stereocenters. The maximum Gasteiger partial charge on any atom is 0.352 e. The normalized spacial score (nSPS) is 23.6. The topological polar surface area (TPSA) is 107 Å². The van der Waals surface area contributed by atoms with Gasteiger partial charge in [0, 0.05) is 6.04 Å². The van der Waals surface area contributed by atoms with Crippen LogP contribution in [0.3, 0.4) is 0 Å². The number of hydrogen-bond acceptors (Lipinski definition) is 6. The van der Waals surface area contributed by atoms with Crippen molar-refractivity contribution in [2.75, 3.05) is 11.1 Å². The van der Waals surface area contributed by atoms with Crippen LogP contribution in [0.1, 0.15) is 32.6 Å². The van der Waals surface area contributed by atoms with Crippen LogP contribution in [-0.4, -0.2) is 20.9 Å². The molecule has 2 rings (SSSR count). The van der Waals surface area contributed by atoms with Crippen LogP contribution in [0.15, 0.2) is 6.33 Å². The van der Waals surface area contributed by atoms with Crippen molar-refractivity contribution in [2.45, 2.75) is 38.6 Å². The van der Waals surface area contributed by atoms with E-state index in [0.29, 0.717) is 5.92 Å². The summed E-state index contributed by atoms with van der Waals surface area (Å²) in [6.45, 7) is 2.19. The van der Waals surface area contributed by atoms with Crippen molar-refractivity contribution in [3.63, 3.8) is 0 Å². The fourth-order valence-corrected chi connectivity index (χ4v) is 2.44. The quantitative estimate of drug-likeness (QED) is 0.628. The summed E-state index contributed by atoms with van der Waals surface area (Å²) in [5, 5.41) is 14.1. The number of nitrogens with two attached hydrogens (primary N) is 1. The third kappa shape index (κ3) is 2.66. The summed E-state index contributed by atoms with van der Waals surface area (Å²) in [5.74, 6) is 0.766. The van der Waals surface area contributed by atoms with E-state index >= 15 is 0 Å². The Balaban J connectivity index is 2.18. The summed E-state index contributed by atoms with van der Waals surface area (Å²) in [5.41, 5.74) is 5.30. The van der Waals surface area contributed by atoms with Crippen LogP contribution < -0.4 is 11.1 Å². The smallest absolute Gasteiger partial charge is 0.352 e. The van der Waals surface area contributed by atoms with E-state index in [1.54, 1.807) is 0 Å². The molecule has 98 valence electrons. The van der Waals surface area contributed by atoms with Gasteiger partial charge >= 0.3 is 5.69 Å². The minimum atomic E-state index is -0.538. The van der Waals surface area contributed by atoms with Crippen LogP contribution in [0, 0.1) is 16.0 Å². The van der Waals surface area contributed by atoms with Crippen molar-refractivity contribution < 1.29 is 4.92 Å². The lowest BCUT2D eigenvalue weighted by atomic mass is 9.87. The maximum atomic E-state index is 11.0. The van der Waals surface area contributed by atoms with Crippen molar-refractivity contribution in [2.24, 2.45) is 5.92 Å². The third-order valence-electron chi connectivity index (χ3n) is 3.31. The Kier molecular flexibility index (Phi) is 3.59. The highest BCUT2D eigenvalue weighted by molar-refractivity contribution is 5.67. The molecule has 1 fully saturated rings. The monoisotopic (exact) mass is 251 g/mol. The molecular formula is C11H17N5O2. The van der Waals surface area contributed by atoms with Crippen LogP contribution in [0.4, 0.5) is 17.3 Å². The second kappa shape index (κ2) is 5.16. The van der Waals surface area contributed by atoms with Gasteiger partial charge in [-0.3, -0.25) is 10.1 Å². The molecule has 0 bridgehead atoms. The molecular weight excluding hydrogens is 234 g/mol. The Morgan fingerprint density at radius 1 is 1.50 bits per heavy atom.